The standard InChI is InChI=1S/C9H22N2/c1-7(2)6-8(11-5)9(3,4)10/h7-8,11H,6,10H2,1-5H3. The second kappa shape index (κ2) is 4.07. The Kier molecular flexibility index (Phi) is 4.04. The maximum absolute atomic E-state index is 5.98. The van der Waals surface area contributed by atoms with Crippen molar-refractivity contribution in [3.8, 4) is 0 Å². The van der Waals surface area contributed by atoms with Gasteiger partial charge in [-0.1, -0.05) is 13.8 Å². The lowest BCUT2D eigenvalue weighted by molar-refractivity contribution is 0.311. The van der Waals surface area contributed by atoms with Gasteiger partial charge >= 0.3 is 0 Å². The van der Waals surface area contributed by atoms with Gasteiger partial charge in [0.25, 0.3) is 0 Å². The van der Waals surface area contributed by atoms with Crippen molar-refractivity contribution in [2.45, 2.75) is 45.7 Å². The molecule has 3 N–H and O–H groups in total. The van der Waals surface area contributed by atoms with Gasteiger partial charge in [-0.05, 0) is 33.2 Å². The largest absolute Gasteiger partial charge is 0.324 e. The molecule has 0 spiro atoms. The van der Waals surface area contributed by atoms with Crippen molar-refractivity contribution in [2.75, 3.05) is 7.05 Å². The summed E-state index contributed by atoms with van der Waals surface area (Å²) in [5.74, 6) is 0.704. The maximum atomic E-state index is 5.98. The van der Waals surface area contributed by atoms with E-state index >= 15 is 0 Å². The van der Waals surface area contributed by atoms with Crippen LogP contribution in [0.25, 0.3) is 0 Å². The van der Waals surface area contributed by atoms with Crippen LogP contribution in [0.2, 0.25) is 0 Å². The lowest BCUT2D eigenvalue weighted by Crippen LogP contribution is -2.52. The normalized spacial score (nSPS) is 15.5. The van der Waals surface area contributed by atoms with Crippen molar-refractivity contribution in [3.05, 3.63) is 0 Å². The summed E-state index contributed by atoms with van der Waals surface area (Å²) in [7, 11) is 1.97. The molecular formula is C9H22N2. The van der Waals surface area contributed by atoms with Gasteiger partial charge in [-0.3, -0.25) is 0 Å². The van der Waals surface area contributed by atoms with Crippen molar-refractivity contribution >= 4 is 0 Å². The summed E-state index contributed by atoms with van der Waals surface area (Å²) in [5.41, 5.74) is 5.86. The SMILES string of the molecule is CNC(CC(C)C)C(C)(C)N. The highest BCUT2D eigenvalue weighted by Crippen LogP contribution is 2.13. The molecule has 1 unspecified atom stereocenters. The van der Waals surface area contributed by atoms with Crippen LogP contribution in [0.1, 0.15) is 34.1 Å². The Balaban J connectivity index is 3.96. The summed E-state index contributed by atoms with van der Waals surface area (Å²) in [6.45, 7) is 8.57. The van der Waals surface area contributed by atoms with Gasteiger partial charge in [0.1, 0.15) is 0 Å². The average Bonchev–Trinajstić information content (AvgIpc) is 1.79. The lowest BCUT2D eigenvalue weighted by atomic mass is 9.89. The molecule has 0 heterocycles. The first kappa shape index (κ1) is 10.9. The first-order valence-electron chi connectivity index (χ1n) is 4.34. The number of likely N-dealkylation sites (N-methyl/N-ethyl adjacent to an activating group) is 1. The van der Waals surface area contributed by atoms with E-state index in [0.29, 0.717) is 12.0 Å². The number of rotatable bonds is 4. The van der Waals surface area contributed by atoms with Crippen molar-refractivity contribution in [1.29, 1.82) is 0 Å². The molecule has 0 bridgehead atoms. The molecule has 1 atom stereocenters. The van der Waals surface area contributed by atoms with Crippen molar-refractivity contribution in [1.82, 2.24) is 5.32 Å². The Morgan fingerprint density at radius 1 is 1.36 bits per heavy atom. The van der Waals surface area contributed by atoms with Crippen molar-refractivity contribution in [3.63, 3.8) is 0 Å². The zero-order valence-corrected chi connectivity index (χ0v) is 8.44. The summed E-state index contributed by atoms with van der Waals surface area (Å²) in [6, 6.07) is 0.419. The van der Waals surface area contributed by atoms with Gasteiger partial charge in [0.15, 0.2) is 0 Å². The molecule has 0 aliphatic carbocycles. The summed E-state index contributed by atoms with van der Waals surface area (Å²) < 4.78 is 0. The Hall–Kier alpha value is -0.0800. The first-order chi connectivity index (χ1) is 4.88. The molecule has 0 saturated carbocycles. The predicted molar refractivity (Wildman–Crippen MR) is 50.6 cm³/mol. The molecule has 0 aliphatic rings. The summed E-state index contributed by atoms with van der Waals surface area (Å²) in [5, 5.41) is 3.25. The Morgan fingerprint density at radius 3 is 1.91 bits per heavy atom. The highest BCUT2D eigenvalue weighted by atomic mass is 14.9. The Bertz CT molecular complexity index is 103. The minimum absolute atomic E-state index is 0.112. The fraction of sp³-hybridized carbons (Fsp3) is 1.00. The topological polar surface area (TPSA) is 38.0 Å². The van der Waals surface area contributed by atoms with Crippen LogP contribution in [0, 0.1) is 5.92 Å². The fourth-order valence-corrected chi connectivity index (χ4v) is 1.27. The van der Waals surface area contributed by atoms with Crippen LogP contribution < -0.4 is 11.1 Å². The van der Waals surface area contributed by atoms with Gasteiger partial charge in [0, 0.05) is 11.6 Å². The first-order valence-corrected chi connectivity index (χ1v) is 4.34. The van der Waals surface area contributed by atoms with Crippen molar-refractivity contribution < 1.29 is 0 Å². The highest BCUT2D eigenvalue weighted by molar-refractivity contribution is 4.87. The van der Waals surface area contributed by atoms with Crippen molar-refractivity contribution in [2.24, 2.45) is 11.7 Å². The molecule has 0 aromatic carbocycles. The minimum atomic E-state index is -0.112. The molecule has 0 aromatic rings. The molecule has 11 heavy (non-hydrogen) atoms. The van der Waals surface area contributed by atoms with Gasteiger partial charge in [-0.15, -0.1) is 0 Å². The van der Waals surface area contributed by atoms with E-state index < -0.39 is 0 Å². The zero-order valence-electron chi connectivity index (χ0n) is 8.44. The van der Waals surface area contributed by atoms with E-state index in [4.69, 9.17) is 5.73 Å². The molecule has 0 saturated heterocycles. The van der Waals surface area contributed by atoms with Crippen LogP contribution in [0.5, 0.6) is 0 Å². The third kappa shape index (κ3) is 4.38. The summed E-state index contributed by atoms with van der Waals surface area (Å²) in [6.07, 6.45) is 1.14. The highest BCUT2D eigenvalue weighted by Gasteiger charge is 2.23. The summed E-state index contributed by atoms with van der Waals surface area (Å²) in [4.78, 5) is 0. The van der Waals surface area contributed by atoms with Crippen LogP contribution in [0.4, 0.5) is 0 Å². The molecule has 68 valence electrons. The van der Waals surface area contributed by atoms with E-state index in [1.807, 2.05) is 7.05 Å². The fourth-order valence-electron chi connectivity index (χ4n) is 1.27. The molecule has 0 rings (SSSR count). The molecule has 0 aliphatic heterocycles. The second-order valence-electron chi connectivity index (χ2n) is 4.29. The second-order valence-corrected chi connectivity index (χ2v) is 4.29. The van der Waals surface area contributed by atoms with Crippen LogP contribution in [0.3, 0.4) is 0 Å². The van der Waals surface area contributed by atoms with Gasteiger partial charge in [-0.25, -0.2) is 0 Å². The molecular weight excluding hydrogens is 136 g/mol. The quantitative estimate of drug-likeness (QED) is 0.648. The number of nitrogens with two attached hydrogens (primary N) is 1. The molecule has 0 aromatic heterocycles. The monoisotopic (exact) mass is 158 g/mol. The van der Waals surface area contributed by atoms with E-state index in [0.717, 1.165) is 6.42 Å². The molecule has 0 fully saturated rings. The zero-order chi connectivity index (χ0) is 9.07. The van der Waals surface area contributed by atoms with Crippen LogP contribution in [-0.4, -0.2) is 18.6 Å². The third-order valence-electron chi connectivity index (χ3n) is 1.95. The van der Waals surface area contributed by atoms with Gasteiger partial charge < -0.3 is 11.1 Å². The Labute approximate surface area is 70.5 Å². The van der Waals surface area contributed by atoms with Crippen LogP contribution in [0.15, 0.2) is 0 Å². The summed E-state index contributed by atoms with van der Waals surface area (Å²) >= 11 is 0. The predicted octanol–water partition coefficient (Wildman–Crippen LogP) is 1.36. The minimum Gasteiger partial charge on any atom is -0.324 e. The molecule has 2 nitrogen and oxygen atoms in total. The van der Waals surface area contributed by atoms with Crippen LogP contribution in [-0.2, 0) is 0 Å². The molecule has 0 radical (unpaired) electrons. The molecule has 0 amide bonds. The van der Waals surface area contributed by atoms with E-state index in [-0.39, 0.29) is 5.54 Å². The van der Waals surface area contributed by atoms with E-state index in [2.05, 4.69) is 33.0 Å². The van der Waals surface area contributed by atoms with Crippen LogP contribution >= 0.6 is 0 Å². The van der Waals surface area contributed by atoms with E-state index in [9.17, 15) is 0 Å². The third-order valence-corrected chi connectivity index (χ3v) is 1.95. The molecule has 2 heteroatoms. The number of nitrogens with one attached hydrogen (secondary N) is 1. The average molecular weight is 158 g/mol. The Morgan fingerprint density at radius 2 is 1.82 bits per heavy atom. The van der Waals surface area contributed by atoms with E-state index in [1.165, 1.54) is 0 Å². The van der Waals surface area contributed by atoms with Gasteiger partial charge in [0.2, 0.25) is 0 Å². The number of hydrogen-bond donors (Lipinski definition) is 2. The van der Waals surface area contributed by atoms with Gasteiger partial charge in [0.05, 0.1) is 0 Å². The van der Waals surface area contributed by atoms with Gasteiger partial charge in [-0.2, -0.15) is 0 Å². The lowest BCUT2D eigenvalue weighted by Gasteiger charge is -2.31. The maximum Gasteiger partial charge on any atom is 0.0252 e. The van der Waals surface area contributed by atoms with E-state index in [1.54, 1.807) is 0 Å². The smallest absolute Gasteiger partial charge is 0.0252 e. The number of hydrogen-bond acceptors (Lipinski definition) is 2.